The zero-order valence-corrected chi connectivity index (χ0v) is 13.2. The van der Waals surface area contributed by atoms with Crippen molar-refractivity contribution in [3.8, 4) is 0 Å². The number of halogens is 1. The van der Waals surface area contributed by atoms with Crippen LogP contribution >= 0.6 is 22.6 Å². The summed E-state index contributed by atoms with van der Waals surface area (Å²) in [5.41, 5.74) is 7.68. The number of amides is 1. The number of oxime groups is 1. The van der Waals surface area contributed by atoms with Crippen molar-refractivity contribution >= 4 is 40.0 Å². The molecule has 0 bridgehead atoms. The molecule has 2 aromatic rings. The quantitative estimate of drug-likeness (QED) is 0.245. The number of carbonyl (C=O) groups excluding carboxylic acids is 1. The maximum absolute atomic E-state index is 12.2. The van der Waals surface area contributed by atoms with E-state index in [1.807, 2.05) is 30.3 Å². The normalized spacial score (nSPS) is 11.2. The Morgan fingerprint density at radius 1 is 1.19 bits per heavy atom. The van der Waals surface area contributed by atoms with Gasteiger partial charge in [0.25, 0.3) is 5.91 Å². The van der Waals surface area contributed by atoms with Gasteiger partial charge in [0.15, 0.2) is 0 Å². The second-order valence-corrected chi connectivity index (χ2v) is 5.56. The van der Waals surface area contributed by atoms with Gasteiger partial charge in [0, 0.05) is 15.7 Å². The van der Waals surface area contributed by atoms with Crippen molar-refractivity contribution < 1.29 is 10.0 Å². The van der Waals surface area contributed by atoms with Crippen LogP contribution in [0.15, 0.2) is 53.7 Å². The molecule has 0 radical (unpaired) electrons. The summed E-state index contributed by atoms with van der Waals surface area (Å²) in [4.78, 5) is 12.2. The van der Waals surface area contributed by atoms with Gasteiger partial charge in [-0.05, 0) is 52.4 Å². The molecule has 0 aliphatic carbocycles. The van der Waals surface area contributed by atoms with Gasteiger partial charge in [0.1, 0.15) is 5.84 Å². The zero-order chi connectivity index (χ0) is 15.2. The summed E-state index contributed by atoms with van der Waals surface area (Å²) in [5, 5.41) is 14.3. The van der Waals surface area contributed by atoms with E-state index in [1.165, 1.54) is 0 Å². The predicted molar refractivity (Wildman–Crippen MR) is 90.7 cm³/mol. The summed E-state index contributed by atoms with van der Waals surface area (Å²) in [7, 11) is 0. The molecule has 4 N–H and O–H groups in total. The van der Waals surface area contributed by atoms with Crippen LogP contribution in [0.1, 0.15) is 15.9 Å². The lowest BCUT2D eigenvalue weighted by Crippen LogP contribution is -2.15. The first-order chi connectivity index (χ1) is 10.1. The molecule has 0 fully saturated rings. The van der Waals surface area contributed by atoms with E-state index >= 15 is 0 Å². The molecule has 6 heteroatoms. The first-order valence-corrected chi connectivity index (χ1v) is 7.29. The number of rotatable bonds is 4. The molecule has 0 atom stereocenters. The summed E-state index contributed by atoms with van der Waals surface area (Å²) < 4.78 is 0.899. The van der Waals surface area contributed by atoms with Crippen LogP contribution in [0.4, 0.5) is 5.69 Å². The van der Waals surface area contributed by atoms with Crippen LogP contribution in [0.3, 0.4) is 0 Å². The minimum Gasteiger partial charge on any atom is -0.409 e. The van der Waals surface area contributed by atoms with E-state index in [1.54, 1.807) is 18.2 Å². The highest BCUT2D eigenvalue weighted by Crippen LogP contribution is 2.15. The highest BCUT2D eigenvalue weighted by Gasteiger charge is 2.09. The first kappa shape index (κ1) is 15.3. The molecule has 0 aromatic heterocycles. The topological polar surface area (TPSA) is 87.7 Å². The fourth-order valence-electron chi connectivity index (χ4n) is 1.79. The second-order valence-electron chi connectivity index (χ2n) is 4.40. The molecule has 0 aliphatic heterocycles. The molecule has 5 nitrogen and oxygen atoms in total. The third-order valence-corrected chi connectivity index (χ3v) is 3.78. The van der Waals surface area contributed by atoms with Crippen molar-refractivity contribution in [1.82, 2.24) is 0 Å². The summed E-state index contributed by atoms with van der Waals surface area (Å²) in [6, 6.07) is 14.6. The van der Waals surface area contributed by atoms with Gasteiger partial charge < -0.3 is 16.3 Å². The first-order valence-electron chi connectivity index (χ1n) is 6.21. The smallest absolute Gasteiger partial charge is 0.256 e. The Morgan fingerprint density at radius 3 is 2.48 bits per heavy atom. The Hall–Kier alpha value is -2.09. The third kappa shape index (κ3) is 4.19. The lowest BCUT2D eigenvalue weighted by Gasteiger charge is -2.07. The van der Waals surface area contributed by atoms with Crippen molar-refractivity contribution in [1.29, 1.82) is 0 Å². The Kier molecular flexibility index (Phi) is 5.15. The van der Waals surface area contributed by atoms with Gasteiger partial charge in [-0.1, -0.05) is 29.4 Å². The standard InChI is InChI=1S/C15H14IN3O2/c16-13-4-2-1-3-12(13)15(20)18-11-7-5-10(6-8-11)9-14(17)19-21/h1-8,21H,9H2,(H2,17,19)(H,18,20). The van der Waals surface area contributed by atoms with Crippen molar-refractivity contribution in [2.45, 2.75) is 6.42 Å². The number of carbonyl (C=O) groups is 1. The Morgan fingerprint density at radius 2 is 1.86 bits per heavy atom. The van der Waals surface area contributed by atoms with Gasteiger partial charge in [0.2, 0.25) is 0 Å². The van der Waals surface area contributed by atoms with E-state index in [4.69, 9.17) is 10.9 Å². The zero-order valence-electron chi connectivity index (χ0n) is 11.1. The third-order valence-electron chi connectivity index (χ3n) is 2.84. The molecule has 21 heavy (non-hydrogen) atoms. The van der Waals surface area contributed by atoms with E-state index in [9.17, 15) is 4.79 Å². The lowest BCUT2D eigenvalue weighted by molar-refractivity contribution is 0.102. The SMILES string of the molecule is NC(Cc1ccc(NC(=O)c2ccccc2I)cc1)=NO. The highest BCUT2D eigenvalue weighted by atomic mass is 127. The number of benzene rings is 2. The molecule has 0 aliphatic rings. The number of anilines is 1. The summed E-state index contributed by atoms with van der Waals surface area (Å²) in [5.74, 6) is -0.00481. The summed E-state index contributed by atoms with van der Waals surface area (Å²) in [6.45, 7) is 0. The van der Waals surface area contributed by atoms with Crippen LogP contribution in [-0.2, 0) is 6.42 Å². The molecule has 2 rings (SSSR count). The van der Waals surface area contributed by atoms with Gasteiger partial charge >= 0.3 is 0 Å². The minimum absolute atomic E-state index is 0.144. The minimum atomic E-state index is -0.149. The van der Waals surface area contributed by atoms with Crippen LogP contribution in [0.2, 0.25) is 0 Å². The van der Waals surface area contributed by atoms with Crippen molar-refractivity contribution in [2.75, 3.05) is 5.32 Å². The summed E-state index contributed by atoms with van der Waals surface area (Å²) in [6.07, 6.45) is 0.362. The Balaban J connectivity index is 2.07. The maximum atomic E-state index is 12.2. The number of nitrogens with zero attached hydrogens (tertiary/aromatic N) is 1. The number of amidine groups is 1. The van der Waals surface area contributed by atoms with Crippen molar-refractivity contribution in [2.24, 2.45) is 10.9 Å². The second kappa shape index (κ2) is 7.07. The number of hydrogen-bond donors (Lipinski definition) is 3. The number of nitrogens with two attached hydrogens (primary N) is 1. The largest absolute Gasteiger partial charge is 0.409 e. The van der Waals surface area contributed by atoms with Crippen LogP contribution in [0.5, 0.6) is 0 Å². The Labute approximate surface area is 136 Å². The van der Waals surface area contributed by atoms with Crippen LogP contribution < -0.4 is 11.1 Å². The number of nitrogens with one attached hydrogen (secondary N) is 1. The van der Waals surface area contributed by atoms with Crippen molar-refractivity contribution in [3.05, 3.63) is 63.2 Å². The maximum Gasteiger partial charge on any atom is 0.256 e. The molecule has 108 valence electrons. The van der Waals surface area contributed by atoms with E-state index < -0.39 is 0 Å². The fourth-order valence-corrected chi connectivity index (χ4v) is 2.43. The lowest BCUT2D eigenvalue weighted by atomic mass is 10.1. The molecule has 2 aromatic carbocycles. The average molecular weight is 395 g/mol. The molecule has 0 spiro atoms. The number of hydrogen-bond acceptors (Lipinski definition) is 3. The van der Waals surface area contributed by atoms with Gasteiger partial charge in [-0.3, -0.25) is 4.79 Å². The van der Waals surface area contributed by atoms with Crippen LogP contribution in [-0.4, -0.2) is 17.0 Å². The van der Waals surface area contributed by atoms with Gasteiger partial charge in [-0.2, -0.15) is 0 Å². The molecule has 0 saturated carbocycles. The molecular weight excluding hydrogens is 381 g/mol. The molecule has 0 unspecified atom stereocenters. The van der Waals surface area contributed by atoms with Gasteiger partial charge in [0.05, 0.1) is 5.56 Å². The Bertz CT molecular complexity index is 669. The van der Waals surface area contributed by atoms with Crippen LogP contribution in [0.25, 0.3) is 0 Å². The monoisotopic (exact) mass is 395 g/mol. The average Bonchev–Trinajstić information content (AvgIpc) is 2.49. The molecule has 0 saturated heterocycles. The van der Waals surface area contributed by atoms with E-state index in [0.29, 0.717) is 17.7 Å². The molecular formula is C15H14IN3O2. The van der Waals surface area contributed by atoms with Gasteiger partial charge in [-0.25, -0.2) is 0 Å². The van der Waals surface area contributed by atoms with E-state index in [2.05, 4.69) is 33.1 Å². The van der Waals surface area contributed by atoms with Crippen molar-refractivity contribution in [3.63, 3.8) is 0 Å². The van der Waals surface area contributed by atoms with E-state index in [-0.39, 0.29) is 11.7 Å². The molecule has 0 heterocycles. The highest BCUT2D eigenvalue weighted by molar-refractivity contribution is 14.1. The van der Waals surface area contributed by atoms with Gasteiger partial charge in [-0.15, -0.1) is 0 Å². The molecule has 1 amide bonds. The van der Waals surface area contributed by atoms with Crippen LogP contribution in [0, 0.1) is 3.57 Å². The predicted octanol–water partition coefficient (Wildman–Crippen LogP) is 2.83. The van der Waals surface area contributed by atoms with E-state index in [0.717, 1.165) is 9.13 Å². The summed E-state index contributed by atoms with van der Waals surface area (Å²) >= 11 is 2.13. The fraction of sp³-hybridized carbons (Fsp3) is 0.0667.